The van der Waals surface area contributed by atoms with Crippen molar-refractivity contribution in [2.24, 2.45) is 7.05 Å². The smallest absolute Gasteiger partial charge is 0.387 e. The first kappa shape index (κ1) is 23.3. The van der Waals surface area contributed by atoms with Crippen LogP contribution in [0.4, 0.5) is 13.9 Å². The van der Waals surface area contributed by atoms with Crippen LogP contribution in [0.15, 0.2) is 63.5 Å². The van der Waals surface area contributed by atoms with Crippen LogP contribution in [0, 0.1) is 0 Å². The molecule has 0 unspecified atom stereocenters. The molecule has 4 aromatic rings. The van der Waals surface area contributed by atoms with Crippen molar-refractivity contribution in [3.63, 3.8) is 0 Å². The molecule has 12 heteroatoms. The largest absolute Gasteiger partial charge is 0.435 e. The lowest BCUT2D eigenvalue weighted by atomic mass is 10.2. The van der Waals surface area contributed by atoms with Gasteiger partial charge in [-0.25, -0.2) is 4.98 Å². The molecule has 2 aromatic heterocycles. The molecule has 0 radical (unpaired) electrons. The van der Waals surface area contributed by atoms with Crippen LogP contribution >= 0.6 is 39.0 Å². The van der Waals surface area contributed by atoms with Crippen molar-refractivity contribution >= 4 is 50.1 Å². The number of aromatic nitrogens is 4. The van der Waals surface area contributed by atoms with Crippen LogP contribution in [0.25, 0.3) is 22.6 Å². The molecule has 0 aliphatic heterocycles. The summed E-state index contributed by atoms with van der Waals surface area (Å²) in [6.45, 7) is -2.88. The second-order valence-corrected chi connectivity index (χ2v) is 9.37. The van der Waals surface area contributed by atoms with Crippen molar-refractivity contribution < 1.29 is 18.3 Å². The summed E-state index contributed by atoms with van der Waals surface area (Å²) in [6, 6.07) is 13.9. The Labute approximate surface area is 204 Å². The third-order valence-electron chi connectivity index (χ3n) is 4.40. The van der Waals surface area contributed by atoms with E-state index in [1.165, 1.54) is 35.2 Å². The number of rotatable bonds is 8. The van der Waals surface area contributed by atoms with E-state index in [1.807, 2.05) is 29.6 Å². The number of carbonyl (C=O) groups excluding carboxylic acids is 1. The number of nitrogens with one attached hydrogen (secondary N) is 1. The van der Waals surface area contributed by atoms with Crippen molar-refractivity contribution in [2.45, 2.75) is 11.8 Å². The van der Waals surface area contributed by atoms with Crippen LogP contribution in [0.3, 0.4) is 0 Å². The molecule has 0 atom stereocenters. The molecular formula is C21H16BrF2N5O2S2. The lowest BCUT2D eigenvalue weighted by Gasteiger charge is -2.06. The second-order valence-electron chi connectivity index (χ2n) is 6.65. The maximum Gasteiger partial charge on any atom is 0.387 e. The van der Waals surface area contributed by atoms with Gasteiger partial charge in [0.05, 0.1) is 11.4 Å². The fraction of sp³-hybridized carbons (Fsp3) is 0.143. The van der Waals surface area contributed by atoms with Crippen LogP contribution in [-0.2, 0) is 11.8 Å². The zero-order valence-corrected chi connectivity index (χ0v) is 20.3. The van der Waals surface area contributed by atoms with Gasteiger partial charge < -0.3 is 14.6 Å². The van der Waals surface area contributed by atoms with Crippen LogP contribution in [0.2, 0.25) is 0 Å². The van der Waals surface area contributed by atoms with Crippen LogP contribution in [-0.4, -0.2) is 38.0 Å². The molecular weight excluding hydrogens is 536 g/mol. The van der Waals surface area contributed by atoms with E-state index in [9.17, 15) is 13.6 Å². The van der Waals surface area contributed by atoms with Crippen LogP contribution in [0.1, 0.15) is 0 Å². The molecule has 0 aliphatic carbocycles. The highest BCUT2D eigenvalue weighted by molar-refractivity contribution is 9.10. The highest BCUT2D eigenvalue weighted by Gasteiger charge is 2.15. The van der Waals surface area contributed by atoms with E-state index in [-0.39, 0.29) is 17.4 Å². The second kappa shape index (κ2) is 10.4. The van der Waals surface area contributed by atoms with Gasteiger partial charge >= 0.3 is 6.61 Å². The molecule has 1 amide bonds. The fourth-order valence-corrected chi connectivity index (χ4v) is 4.56. The first-order valence-electron chi connectivity index (χ1n) is 9.48. The Morgan fingerprint density at radius 3 is 2.55 bits per heavy atom. The van der Waals surface area contributed by atoms with Crippen molar-refractivity contribution in [1.82, 2.24) is 19.7 Å². The Morgan fingerprint density at radius 2 is 1.85 bits per heavy atom. The molecule has 0 spiro atoms. The first-order chi connectivity index (χ1) is 15.9. The third-order valence-corrected chi connectivity index (χ3v) is 6.70. The maximum atomic E-state index is 12.4. The molecule has 2 heterocycles. The monoisotopic (exact) mass is 551 g/mol. The maximum absolute atomic E-state index is 12.4. The van der Waals surface area contributed by atoms with Crippen LogP contribution in [0.5, 0.6) is 5.75 Å². The molecule has 33 heavy (non-hydrogen) atoms. The molecule has 2 aromatic carbocycles. The van der Waals surface area contributed by atoms with E-state index >= 15 is 0 Å². The number of halogens is 3. The summed E-state index contributed by atoms with van der Waals surface area (Å²) < 4.78 is 31.7. The zero-order chi connectivity index (χ0) is 23.4. The molecule has 170 valence electrons. The van der Waals surface area contributed by atoms with Crippen molar-refractivity contribution in [3.05, 3.63) is 58.4 Å². The summed E-state index contributed by atoms with van der Waals surface area (Å²) >= 11 is 5.99. The number of amides is 1. The summed E-state index contributed by atoms with van der Waals surface area (Å²) in [7, 11) is 1.77. The van der Waals surface area contributed by atoms with Crippen molar-refractivity contribution in [1.29, 1.82) is 0 Å². The number of ether oxygens (including phenoxy) is 1. The van der Waals surface area contributed by atoms with E-state index < -0.39 is 6.61 Å². The minimum atomic E-state index is -2.88. The number of hydrogen-bond donors (Lipinski definition) is 1. The number of carbonyl (C=O) groups is 1. The number of hydrogen-bond acceptors (Lipinski definition) is 7. The van der Waals surface area contributed by atoms with Gasteiger partial charge in [0.1, 0.15) is 5.75 Å². The predicted octanol–water partition coefficient (Wildman–Crippen LogP) is 5.70. The zero-order valence-electron chi connectivity index (χ0n) is 17.0. The summed E-state index contributed by atoms with van der Waals surface area (Å²) in [4.78, 5) is 16.8. The molecule has 0 fully saturated rings. The Kier molecular flexibility index (Phi) is 7.36. The highest BCUT2D eigenvalue weighted by atomic mass is 79.9. The fourth-order valence-electron chi connectivity index (χ4n) is 2.85. The molecule has 0 saturated carbocycles. The van der Waals surface area contributed by atoms with Crippen molar-refractivity contribution in [2.75, 3.05) is 11.1 Å². The molecule has 0 aliphatic rings. The molecule has 0 bridgehead atoms. The molecule has 7 nitrogen and oxygen atoms in total. The highest BCUT2D eigenvalue weighted by Crippen LogP contribution is 2.27. The lowest BCUT2D eigenvalue weighted by Crippen LogP contribution is -2.14. The van der Waals surface area contributed by atoms with Crippen LogP contribution < -0.4 is 10.1 Å². The van der Waals surface area contributed by atoms with Crippen molar-refractivity contribution in [3.8, 4) is 28.4 Å². The average molecular weight is 552 g/mol. The molecule has 1 N–H and O–H groups in total. The van der Waals surface area contributed by atoms with Gasteiger partial charge in [0.15, 0.2) is 16.1 Å². The minimum absolute atomic E-state index is 0.0627. The quantitative estimate of drug-likeness (QED) is 0.283. The Morgan fingerprint density at radius 1 is 1.15 bits per heavy atom. The number of thioether (sulfide) groups is 1. The number of benzene rings is 2. The summed E-state index contributed by atoms with van der Waals surface area (Å²) in [5.41, 5.74) is 2.44. The Balaban J connectivity index is 1.34. The van der Waals surface area contributed by atoms with Gasteiger partial charge in [-0.15, -0.1) is 21.5 Å². The van der Waals surface area contributed by atoms with Gasteiger partial charge in [-0.05, 0) is 36.4 Å². The van der Waals surface area contributed by atoms with Gasteiger partial charge in [-0.3, -0.25) is 4.79 Å². The minimum Gasteiger partial charge on any atom is -0.435 e. The van der Waals surface area contributed by atoms with E-state index in [1.54, 1.807) is 23.7 Å². The SMILES string of the molecule is Cn1c(SCC(=O)Nc2nc(-c3ccc(Br)cc3)cs2)nnc1-c1ccc(OC(F)F)cc1. The number of nitrogens with zero attached hydrogens (tertiary/aromatic N) is 4. The average Bonchev–Trinajstić information content (AvgIpc) is 3.40. The van der Waals surface area contributed by atoms with Gasteiger partial charge in [-0.1, -0.05) is 39.8 Å². The topological polar surface area (TPSA) is 81.9 Å². The summed E-state index contributed by atoms with van der Waals surface area (Å²) in [6.07, 6.45) is 0. The van der Waals surface area contributed by atoms with E-state index in [0.29, 0.717) is 21.7 Å². The number of thiazole rings is 1. The normalized spacial score (nSPS) is 11.1. The van der Waals surface area contributed by atoms with Gasteiger partial charge in [0.2, 0.25) is 5.91 Å². The Hall–Kier alpha value is -2.83. The predicted molar refractivity (Wildman–Crippen MR) is 128 cm³/mol. The Bertz CT molecular complexity index is 1250. The standard InChI is InChI=1S/C21H16BrF2N5O2S2/c1-29-18(13-4-8-15(9-5-13)31-19(23)24)27-28-21(29)33-11-17(30)26-20-25-16(10-32-20)12-2-6-14(22)7-3-12/h2-10,19H,11H2,1H3,(H,25,26,30). The first-order valence-corrected chi connectivity index (χ1v) is 12.1. The lowest BCUT2D eigenvalue weighted by molar-refractivity contribution is -0.113. The van der Waals surface area contributed by atoms with Gasteiger partial charge in [-0.2, -0.15) is 8.78 Å². The molecule has 4 rings (SSSR count). The van der Waals surface area contributed by atoms with Gasteiger partial charge in [0, 0.05) is 28.0 Å². The van der Waals surface area contributed by atoms with E-state index in [0.717, 1.165) is 15.7 Å². The van der Waals surface area contributed by atoms with E-state index in [4.69, 9.17) is 0 Å². The van der Waals surface area contributed by atoms with E-state index in [2.05, 4.69) is 41.2 Å². The van der Waals surface area contributed by atoms with Gasteiger partial charge in [0.25, 0.3) is 0 Å². The summed E-state index contributed by atoms with van der Waals surface area (Å²) in [5.74, 6) is 0.517. The summed E-state index contributed by atoms with van der Waals surface area (Å²) in [5, 5.41) is 14.0. The number of anilines is 1. The third kappa shape index (κ3) is 5.95. The number of alkyl halides is 2. The molecule has 0 saturated heterocycles.